The molecule has 0 bridgehead atoms. The lowest BCUT2D eigenvalue weighted by atomic mass is 9.70. The molecule has 1 aliphatic heterocycles. The summed E-state index contributed by atoms with van der Waals surface area (Å²) < 4.78 is 11.3. The van der Waals surface area contributed by atoms with Gasteiger partial charge in [0.05, 0.1) is 25.4 Å². The summed E-state index contributed by atoms with van der Waals surface area (Å²) in [7, 11) is 0. The Morgan fingerprint density at radius 3 is 2.72 bits per heavy atom. The molecule has 4 N–H and O–H groups in total. The van der Waals surface area contributed by atoms with Crippen LogP contribution in [0.4, 0.5) is 5.69 Å². The fourth-order valence-electron chi connectivity index (χ4n) is 3.76. The lowest BCUT2D eigenvalue weighted by Gasteiger charge is -2.40. The molecule has 0 spiro atoms. The first-order chi connectivity index (χ1) is 11.9. The Kier molecular flexibility index (Phi) is 5.08. The quantitative estimate of drug-likeness (QED) is 0.578. The van der Waals surface area contributed by atoms with Gasteiger partial charge in [-0.1, -0.05) is 13.8 Å². The molecule has 1 aromatic carbocycles. The topological polar surface area (TPSA) is 89.1 Å². The molecule has 2 aliphatic rings. The van der Waals surface area contributed by atoms with Crippen molar-refractivity contribution in [2.45, 2.75) is 51.6 Å². The molecule has 138 valence electrons. The third-order valence-electron chi connectivity index (χ3n) is 4.87. The number of ether oxygens (including phenoxy) is 2. The van der Waals surface area contributed by atoms with Crippen LogP contribution in [-0.2, 0) is 0 Å². The van der Waals surface area contributed by atoms with Crippen LogP contribution in [0.1, 0.15) is 46.0 Å². The van der Waals surface area contributed by atoms with Gasteiger partial charge < -0.3 is 25.6 Å². The average Bonchev–Trinajstić information content (AvgIpc) is 2.77. The summed E-state index contributed by atoms with van der Waals surface area (Å²) in [6, 6.07) is 5.61. The number of rotatable bonds is 3. The van der Waals surface area contributed by atoms with E-state index >= 15 is 0 Å². The van der Waals surface area contributed by atoms with E-state index in [2.05, 4.69) is 24.2 Å². The summed E-state index contributed by atoms with van der Waals surface area (Å²) in [6.45, 7) is 6.02. The van der Waals surface area contributed by atoms with Gasteiger partial charge in [0.1, 0.15) is 0 Å². The van der Waals surface area contributed by atoms with Crippen LogP contribution in [0, 0.1) is 5.41 Å². The Labute approximate surface area is 149 Å². The molecule has 1 fully saturated rings. The molecule has 1 unspecified atom stereocenters. The predicted octanol–water partition coefficient (Wildman–Crippen LogP) is 2.91. The van der Waals surface area contributed by atoms with Crippen LogP contribution in [-0.4, -0.2) is 36.4 Å². The Morgan fingerprint density at radius 2 is 1.96 bits per heavy atom. The number of nitrogens with two attached hydrogens (primary N) is 1. The minimum Gasteiger partial charge on any atom is -0.490 e. The monoisotopic (exact) mass is 347 g/mol. The van der Waals surface area contributed by atoms with E-state index in [-0.39, 0.29) is 5.41 Å². The van der Waals surface area contributed by atoms with Crippen LogP contribution in [0.3, 0.4) is 0 Å². The Bertz CT molecular complexity index is 645. The number of hydrogen-bond acceptors (Lipinski definition) is 4. The van der Waals surface area contributed by atoms with Gasteiger partial charge in [-0.2, -0.15) is 0 Å². The number of aliphatic imine (C=N–C) groups is 1. The maximum absolute atomic E-state index is 10.8. The first-order valence-electron chi connectivity index (χ1n) is 9.04. The molecule has 1 aromatic rings. The van der Waals surface area contributed by atoms with Crippen molar-refractivity contribution in [3.05, 3.63) is 18.2 Å². The molecular formula is C19H29N3O3. The van der Waals surface area contributed by atoms with E-state index in [0.717, 1.165) is 43.5 Å². The van der Waals surface area contributed by atoms with Crippen molar-refractivity contribution in [3.63, 3.8) is 0 Å². The van der Waals surface area contributed by atoms with Gasteiger partial charge in [0.2, 0.25) is 0 Å². The number of fused-ring (bicyclic) bond motifs is 1. The molecule has 1 aliphatic carbocycles. The number of nitrogens with zero attached hydrogens (tertiary/aromatic N) is 1. The van der Waals surface area contributed by atoms with E-state index in [9.17, 15) is 5.11 Å². The zero-order valence-corrected chi connectivity index (χ0v) is 15.2. The highest BCUT2D eigenvalue weighted by Crippen LogP contribution is 2.41. The molecule has 1 heterocycles. The van der Waals surface area contributed by atoms with Crippen LogP contribution in [0.5, 0.6) is 11.5 Å². The highest BCUT2D eigenvalue weighted by Gasteiger charge is 2.38. The number of guanidine groups is 1. The van der Waals surface area contributed by atoms with Crippen LogP contribution in [0.15, 0.2) is 23.2 Å². The van der Waals surface area contributed by atoms with Crippen molar-refractivity contribution in [2.24, 2.45) is 16.1 Å². The molecule has 6 heteroatoms. The third kappa shape index (κ3) is 4.78. The first-order valence-corrected chi connectivity index (χ1v) is 9.04. The van der Waals surface area contributed by atoms with Crippen LogP contribution < -0.4 is 20.5 Å². The normalized spacial score (nSPS) is 26.0. The SMILES string of the molecule is CC1(C)CCCC(O)(CN=C(N)Nc2ccc3c(c2)OCCCO3)C1. The van der Waals surface area contributed by atoms with Gasteiger partial charge in [-0.05, 0) is 43.2 Å². The van der Waals surface area contributed by atoms with Gasteiger partial charge in [-0.15, -0.1) is 0 Å². The molecule has 6 nitrogen and oxygen atoms in total. The maximum Gasteiger partial charge on any atom is 0.193 e. The van der Waals surface area contributed by atoms with E-state index in [1.54, 1.807) is 0 Å². The summed E-state index contributed by atoms with van der Waals surface area (Å²) in [4.78, 5) is 4.37. The van der Waals surface area contributed by atoms with Crippen LogP contribution in [0.25, 0.3) is 0 Å². The Morgan fingerprint density at radius 1 is 1.20 bits per heavy atom. The van der Waals surface area contributed by atoms with E-state index in [1.807, 2.05) is 18.2 Å². The Hall–Kier alpha value is -1.95. The number of nitrogens with one attached hydrogen (secondary N) is 1. The van der Waals surface area contributed by atoms with Crippen molar-refractivity contribution >= 4 is 11.6 Å². The molecule has 0 aromatic heterocycles. The lowest BCUT2D eigenvalue weighted by Crippen LogP contribution is -2.42. The number of anilines is 1. The highest BCUT2D eigenvalue weighted by molar-refractivity contribution is 5.92. The van der Waals surface area contributed by atoms with Crippen molar-refractivity contribution in [1.29, 1.82) is 0 Å². The summed E-state index contributed by atoms with van der Waals surface area (Å²) in [5, 5.41) is 13.9. The van der Waals surface area contributed by atoms with Gasteiger partial charge in [0.25, 0.3) is 0 Å². The van der Waals surface area contributed by atoms with Gasteiger partial charge in [0.15, 0.2) is 17.5 Å². The van der Waals surface area contributed by atoms with Gasteiger partial charge in [-0.3, -0.25) is 4.99 Å². The maximum atomic E-state index is 10.8. The fourth-order valence-corrected chi connectivity index (χ4v) is 3.76. The van der Waals surface area contributed by atoms with Crippen molar-refractivity contribution in [3.8, 4) is 11.5 Å². The standard InChI is InChI=1S/C19H29N3O3/c1-18(2)7-3-8-19(23,12-18)13-21-17(20)22-14-5-6-15-16(11-14)25-10-4-9-24-15/h5-6,11,23H,3-4,7-10,12-13H2,1-2H3,(H3,20,21,22). The third-order valence-corrected chi connectivity index (χ3v) is 4.87. The molecule has 0 radical (unpaired) electrons. The van der Waals surface area contributed by atoms with Crippen molar-refractivity contribution in [1.82, 2.24) is 0 Å². The average molecular weight is 347 g/mol. The Balaban J connectivity index is 1.63. The minimum atomic E-state index is -0.765. The zero-order valence-electron chi connectivity index (χ0n) is 15.2. The summed E-state index contributed by atoms with van der Waals surface area (Å²) >= 11 is 0. The van der Waals surface area contributed by atoms with E-state index in [0.29, 0.717) is 31.5 Å². The minimum absolute atomic E-state index is 0.152. The second-order valence-corrected chi connectivity index (χ2v) is 7.96. The van der Waals surface area contributed by atoms with Crippen LogP contribution >= 0.6 is 0 Å². The summed E-state index contributed by atoms with van der Waals surface area (Å²) in [5.74, 6) is 1.76. The van der Waals surface area contributed by atoms with Crippen molar-refractivity contribution in [2.75, 3.05) is 25.1 Å². The number of benzene rings is 1. The molecule has 0 saturated heterocycles. The molecular weight excluding hydrogens is 318 g/mol. The summed E-state index contributed by atoms with van der Waals surface area (Å²) in [6.07, 6.45) is 4.56. The van der Waals surface area contributed by atoms with Crippen molar-refractivity contribution < 1.29 is 14.6 Å². The fraction of sp³-hybridized carbons (Fsp3) is 0.632. The van der Waals surface area contributed by atoms with Gasteiger partial charge in [-0.25, -0.2) is 0 Å². The molecule has 25 heavy (non-hydrogen) atoms. The lowest BCUT2D eigenvalue weighted by molar-refractivity contribution is -0.0306. The number of aliphatic hydroxyl groups is 1. The van der Waals surface area contributed by atoms with E-state index in [4.69, 9.17) is 15.2 Å². The van der Waals surface area contributed by atoms with E-state index < -0.39 is 5.60 Å². The smallest absolute Gasteiger partial charge is 0.193 e. The second kappa shape index (κ2) is 7.12. The zero-order chi connectivity index (χ0) is 17.9. The molecule has 0 amide bonds. The van der Waals surface area contributed by atoms with Gasteiger partial charge >= 0.3 is 0 Å². The largest absolute Gasteiger partial charge is 0.490 e. The van der Waals surface area contributed by atoms with Crippen LogP contribution in [0.2, 0.25) is 0 Å². The molecule has 3 rings (SSSR count). The molecule has 1 atom stereocenters. The molecule has 1 saturated carbocycles. The van der Waals surface area contributed by atoms with Gasteiger partial charge in [0, 0.05) is 18.2 Å². The van der Waals surface area contributed by atoms with E-state index in [1.165, 1.54) is 0 Å². The highest BCUT2D eigenvalue weighted by atomic mass is 16.5. The summed E-state index contributed by atoms with van der Waals surface area (Å²) in [5.41, 5.74) is 6.19. The first kappa shape index (κ1) is 17.9. The second-order valence-electron chi connectivity index (χ2n) is 7.96. The number of hydrogen-bond donors (Lipinski definition) is 3. The predicted molar refractivity (Wildman–Crippen MR) is 99.4 cm³/mol.